The van der Waals surface area contributed by atoms with Crippen LogP contribution in [0.25, 0.3) is 11.0 Å². The minimum Gasteiger partial charge on any atom is -0.489 e. The maximum atomic E-state index is 11.4. The number of nitrogens with one attached hydrogen (secondary N) is 2. The Morgan fingerprint density at radius 3 is 2.93 bits per heavy atom. The molecule has 0 fully saturated rings. The number of hydrogen-bond acceptors (Lipinski definition) is 6. The number of nitrogens with zero attached hydrogens (tertiary/aromatic N) is 3. The van der Waals surface area contributed by atoms with Crippen molar-refractivity contribution in [2.45, 2.75) is 6.61 Å². The van der Waals surface area contributed by atoms with Crippen molar-refractivity contribution in [3.8, 4) is 5.75 Å². The van der Waals surface area contributed by atoms with E-state index in [1.165, 1.54) is 0 Å². The lowest BCUT2D eigenvalue weighted by atomic mass is 10.2. The Kier molecular flexibility index (Phi) is 5.95. The van der Waals surface area contributed by atoms with Crippen molar-refractivity contribution in [1.82, 2.24) is 15.9 Å². The smallest absolute Gasteiger partial charge is 0.248 e. The van der Waals surface area contributed by atoms with Crippen LogP contribution in [0.4, 0.5) is 0 Å². The Labute approximate surface area is 160 Å². The fourth-order valence-corrected chi connectivity index (χ4v) is 2.33. The Morgan fingerprint density at radius 1 is 1.33 bits per heavy atom. The highest BCUT2D eigenvalue weighted by atomic mass is 32.1. The number of hydrogen-bond donors (Lipinski definition) is 2. The minimum absolute atomic E-state index is 0.319. The third kappa shape index (κ3) is 5.02. The Morgan fingerprint density at radius 2 is 2.15 bits per heavy atom. The van der Waals surface area contributed by atoms with E-state index in [-0.39, 0.29) is 0 Å². The summed E-state index contributed by atoms with van der Waals surface area (Å²) in [7, 11) is 0. The Bertz CT molecular complexity index is 969. The van der Waals surface area contributed by atoms with Crippen LogP contribution in [-0.4, -0.2) is 23.0 Å². The van der Waals surface area contributed by atoms with E-state index in [1.807, 2.05) is 30.3 Å². The molecule has 0 aliphatic carbocycles. The molecular formula is C18H17N5O3S. The van der Waals surface area contributed by atoms with E-state index in [0.29, 0.717) is 40.0 Å². The minimum atomic E-state index is 0.319. The van der Waals surface area contributed by atoms with Gasteiger partial charge in [-0.1, -0.05) is 12.1 Å². The highest BCUT2D eigenvalue weighted by Crippen LogP contribution is 2.15. The fraction of sp³-hybridized carbons (Fsp3) is 0.111. The molecule has 9 heteroatoms. The number of benzene rings is 2. The summed E-state index contributed by atoms with van der Waals surface area (Å²) in [5.74, 6) is 0.698. The number of aromatic nitrogens is 2. The first-order valence-corrected chi connectivity index (χ1v) is 8.45. The lowest BCUT2D eigenvalue weighted by Gasteiger charge is -2.06. The number of fused-ring (bicyclic) bond motifs is 1. The molecule has 0 unspecified atom stereocenters. The van der Waals surface area contributed by atoms with Gasteiger partial charge in [-0.2, -0.15) is 5.10 Å². The van der Waals surface area contributed by atoms with Gasteiger partial charge in [-0.05, 0) is 58.6 Å². The summed E-state index contributed by atoms with van der Waals surface area (Å²) < 4.78 is 10.3. The molecule has 0 spiro atoms. The first kappa shape index (κ1) is 18.3. The third-order valence-corrected chi connectivity index (χ3v) is 3.76. The van der Waals surface area contributed by atoms with Crippen molar-refractivity contribution in [1.29, 1.82) is 0 Å². The van der Waals surface area contributed by atoms with Crippen LogP contribution in [0.3, 0.4) is 0 Å². The first-order valence-electron chi connectivity index (χ1n) is 8.05. The van der Waals surface area contributed by atoms with Gasteiger partial charge in [-0.3, -0.25) is 10.1 Å². The lowest BCUT2D eigenvalue weighted by Crippen LogP contribution is -2.31. The zero-order valence-corrected chi connectivity index (χ0v) is 15.1. The molecule has 0 radical (unpaired) electrons. The average Bonchev–Trinajstić information content (AvgIpc) is 3.06. The number of ether oxygens (including phenoxy) is 1. The van der Waals surface area contributed by atoms with Gasteiger partial charge in [0.25, 0.3) is 0 Å². The largest absolute Gasteiger partial charge is 0.489 e. The molecule has 3 aromatic rings. The van der Waals surface area contributed by atoms with Crippen molar-refractivity contribution in [2.75, 3.05) is 6.54 Å². The van der Waals surface area contributed by atoms with Gasteiger partial charge in [0.05, 0.1) is 6.21 Å². The predicted octanol–water partition coefficient (Wildman–Crippen LogP) is 2.02. The normalized spacial score (nSPS) is 10.8. The van der Waals surface area contributed by atoms with Crippen molar-refractivity contribution in [3.05, 3.63) is 71.5 Å². The highest BCUT2D eigenvalue weighted by molar-refractivity contribution is 7.80. The highest BCUT2D eigenvalue weighted by Gasteiger charge is 2.09. The zero-order chi connectivity index (χ0) is 19.1. The number of hydrazone groups is 1. The summed E-state index contributed by atoms with van der Waals surface area (Å²) in [6.07, 6.45) is 3.36. The summed E-state index contributed by atoms with van der Waals surface area (Å²) in [5.41, 5.74) is 5.32. The third-order valence-electron chi connectivity index (χ3n) is 3.52. The monoisotopic (exact) mass is 383 g/mol. The molecule has 27 heavy (non-hydrogen) atoms. The molecule has 0 saturated carbocycles. The molecule has 1 heterocycles. The predicted molar refractivity (Wildman–Crippen MR) is 105 cm³/mol. The summed E-state index contributed by atoms with van der Waals surface area (Å²) in [4.78, 5) is 0.375. The molecule has 138 valence electrons. The van der Waals surface area contributed by atoms with Crippen LogP contribution in [0.15, 0.2) is 64.8 Å². The van der Waals surface area contributed by atoms with E-state index in [2.05, 4.69) is 32.2 Å². The molecule has 0 bridgehead atoms. The van der Waals surface area contributed by atoms with Crippen LogP contribution < -0.4 is 20.4 Å². The van der Waals surface area contributed by atoms with Gasteiger partial charge in [0, 0.05) is 17.8 Å². The fourth-order valence-electron chi connectivity index (χ4n) is 2.19. The van der Waals surface area contributed by atoms with E-state index in [9.17, 15) is 5.21 Å². The van der Waals surface area contributed by atoms with Crippen LogP contribution in [0.1, 0.15) is 11.1 Å². The van der Waals surface area contributed by atoms with Crippen LogP contribution in [0, 0.1) is 5.21 Å². The standard InChI is InChI=1S/C18H17N5O3S/c1-2-9-19-18(27)21-20-11-13-3-6-15(7-4-13)25-12-14-5-8-16-17(10-14)23(24)26-22-16/h2-8,10-11H,1,9,12H2,(H2,19,21,27)/b20-11+. The van der Waals surface area contributed by atoms with E-state index in [1.54, 1.807) is 24.4 Å². The van der Waals surface area contributed by atoms with Crippen LogP contribution in [0.5, 0.6) is 5.75 Å². The molecule has 0 aliphatic heterocycles. The summed E-state index contributed by atoms with van der Waals surface area (Å²) in [5, 5.41) is 22.5. The first-order chi connectivity index (χ1) is 13.2. The van der Waals surface area contributed by atoms with E-state index >= 15 is 0 Å². The van der Waals surface area contributed by atoms with Crippen LogP contribution in [0.2, 0.25) is 0 Å². The van der Waals surface area contributed by atoms with Crippen molar-refractivity contribution < 1.29 is 14.3 Å². The van der Waals surface area contributed by atoms with Gasteiger partial charge >= 0.3 is 0 Å². The summed E-state index contributed by atoms with van der Waals surface area (Å²) in [6.45, 7) is 4.49. The van der Waals surface area contributed by atoms with Gasteiger partial charge in [0.2, 0.25) is 11.0 Å². The van der Waals surface area contributed by atoms with Gasteiger partial charge in [-0.15, -0.1) is 6.58 Å². The van der Waals surface area contributed by atoms with Gasteiger partial charge in [-0.25, -0.2) is 0 Å². The molecule has 1 aromatic heterocycles. The lowest BCUT2D eigenvalue weighted by molar-refractivity contribution is -0.782. The van der Waals surface area contributed by atoms with Crippen molar-refractivity contribution >= 4 is 34.6 Å². The topological polar surface area (TPSA) is 98.6 Å². The molecular weight excluding hydrogens is 366 g/mol. The molecule has 2 aromatic carbocycles. The van der Waals surface area contributed by atoms with E-state index < -0.39 is 0 Å². The number of thiocarbonyl (C=S) groups is 1. The summed E-state index contributed by atoms with van der Waals surface area (Å²) in [6, 6.07) is 12.6. The van der Waals surface area contributed by atoms with E-state index in [4.69, 9.17) is 17.0 Å². The Hall–Kier alpha value is -3.46. The molecule has 3 rings (SSSR count). The van der Waals surface area contributed by atoms with Gasteiger partial charge < -0.3 is 15.3 Å². The average molecular weight is 383 g/mol. The van der Waals surface area contributed by atoms with Crippen molar-refractivity contribution in [2.24, 2.45) is 5.10 Å². The quantitative estimate of drug-likeness (QED) is 0.212. The maximum Gasteiger partial charge on any atom is 0.248 e. The van der Waals surface area contributed by atoms with Gasteiger partial charge in [0.15, 0.2) is 5.11 Å². The van der Waals surface area contributed by atoms with E-state index in [0.717, 1.165) is 11.1 Å². The SMILES string of the molecule is C=CCNC(=S)N/N=C/c1ccc(OCc2ccc3no[n+]([O-])c3c2)cc1. The second kappa shape index (κ2) is 8.77. The second-order valence-corrected chi connectivity index (χ2v) is 5.89. The number of rotatable bonds is 7. The van der Waals surface area contributed by atoms with Crippen LogP contribution in [-0.2, 0) is 6.61 Å². The zero-order valence-electron chi connectivity index (χ0n) is 14.3. The maximum absolute atomic E-state index is 11.4. The second-order valence-electron chi connectivity index (χ2n) is 5.48. The molecule has 0 amide bonds. The molecule has 8 nitrogen and oxygen atoms in total. The van der Waals surface area contributed by atoms with Gasteiger partial charge in [0.1, 0.15) is 12.4 Å². The molecule has 0 atom stereocenters. The Balaban J connectivity index is 1.53. The van der Waals surface area contributed by atoms with Crippen LogP contribution >= 0.6 is 12.2 Å². The molecule has 2 N–H and O–H groups in total. The molecule has 0 aliphatic rings. The molecule has 0 saturated heterocycles. The van der Waals surface area contributed by atoms with Crippen molar-refractivity contribution in [3.63, 3.8) is 0 Å². The summed E-state index contributed by atoms with van der Waals surface area (Å²) >= 11 is 5.03.